The van der Waals surface area contributed by atoms with E-state index in [0.717, 1.165) is 13.1 Å². The normalized spacial score (nSPS) is 28.7. The van der Waals surface area contributed by atoms with Crippen LogP contribution >= 0.6 is 0 Å². The summed E-state index contributed by atoms with van der Waals surface area (Å²) in [5, 5.41) is 3.47. The fourth-order valence-electron chi connectivity index (χ4n) is 2.87. The van der Waals surface area contributed by atoms with Gasteiger partial charge < -0.3 is 4.74 Å². The Morgan fingerprint density at radius 1 is 1.39 bits per heavy atom. The summed E-state index contributed by atoms with van der Waals surface area (Å²) in [5.41, 5.74) is -0.554. The van der Waals surface area contributed by atoms with E-state index in [9.17, 15) is 4.79 Å². The lowest BCUT2D eigenvalue weighted by Crippen LogP contribution is -2.60. The van der Waals surface area contributed by atoms with Gasteiger partial charge in [-0.15, -0.1) is 0 Å². The Morgan fingerprint density at radius 2 is 2.11 bits per heavy atom. The predicted octanol–water partition coefficient (Wildman–Crippen LogP) is 1.54. The molecule has 1 aliphatic heterocycles. The fraction of sp³-hybridized carbons (Fsp3) is 0.929. The zero-order chi connectivity index (χ0) is 13.2. The maximum Gasteiger partial charge on any atom is 0.327 e. The molecule has 0 radical (unpaired) electrons. The maximum atomic E-state index is 12.1. The first-order chi connectivity index (χ1) is 8.55. The molecule has 4 nitrogen and oxygen atoms in total. The highest BCUT2D eigenvalue weighted by Gasteiger charge is 2.41. The van der Waals surface area contributed by atoms with Crippen molar-refractivity contribution in [2.45, 2.75) is 63.6 Å². The van der Waals surface area contributed by atoms with E-state index in [1.54, 1.807) is 0 Å². The molecule has 4 heteroatoms. The molecule has 0 aromatic carbocycles. The van der Waals surface area contributed by atoms with Crippen LogP contribution in [0.5, 0.6) is 0 Å². The molecular weight excluding hydrogens is 228 g/mol. The number of hydrogen-bond acceptors (Lipinski definition) is 4. The van der Waals surface area contributed by atoms with Gasteiger partial charge in [-0.2, -0.15) is 0 Å². The Hall–Kier alpha value is -0.610. The van der Waals surface area contributed by atoms with E-state index in [1.165, 1.54) is 39.2 Å². The molecule has 2 aliphatic rings. The summed E-state index contributed by atoms with van der Waals surface area (Å²) >= 11 is 0. The maximum absolute atomic E-state index is 12.1. The SMILES string of the molecule is COC(=O)C(C)(CN1CCCCC1C)NC1CC1. The number of ether oxygens (including phenoxy) is 1. The van der Waals surface area contributed by atoms with Crippen LogP contribution in [0.4, 0.5) is 0 Å². The first-order valence-electron chi connectivity index (χ1n) is 7.15. The third kappa shape index (κ3) is 3.23. The van der Waals surface area contributed by atoms with Crippen LogP contribution in [0.1, 0.15) is 46.0 Å². The molecule has 2 rings (SSSR count). The van der Waals surface area contributed by atoms with Crippen molar-refractivity contribution in [1.29, 1.82) is 0 Å². The lowest BCUT2D eigenvalue weighted by molar-refractivity contribution is -0.149. The largest absolute Gasteiger partial charge is 0.468 e. The standard InChI is InChI=1S/C14H26N2O2/c1-11-6-4-5-9-16(11)10-14(2,13(17)18-3)15-12-7-8-12/h11-12,15H,4-10H2,1-3H3. The van der Waals surface area contributed by atoms with E-state index in [-0.39, 0.29) is 5.97 Å². The molecule has 1 aliphatic carbocycles. The molecule has 2 atom stereocenters. The van der Waals surface area contributed by atoms with Crippen LogP contribution in [0.25, 0.3) is 0 Å². The quantitative estimate of drug-likeness (QED) is 0.756. The zero-order valence-electron chi connectivity index (χ0n) is 11.9. The van der Waals surface area contributed by atoms with E-state index in [2.05, 4.69) is 17.1 Å². The predicted molar refractivity (Wildman–Crippen MR) is 71.5 cm³/mol. The minimum absolute atomic E-state index is 0.132. The minimum Gasteiger partial charge on any atom is -0.468 e. The van der Waals surface area contributed by atoms with E-state index in [1.807, 2.05) is 6.92 Å². The molecule has 0 aromatic rings. The molecule has 0 bridgehead atoms. The molecule has 0 amide bonds. The monoisotopic (exact) mass is 254 g/mol. The van der Waals surface area contributed by atoms with Crippen LogP contribution in [-0.2, 0) is 9.53 Å². The second kappa shape index (κ2) is 5.57. The minimum atomic E-state index is -0.554. The lowest BCUT2D eigenvalue weighted by Gasteiger charge is -2.39. The summed E-state index contributed by atoms with van der Waals surface area (Å²) in [6.45, 7) is 6.10. The Bertz CT molecular complexity index is 304. The van der Waals surface area contributed by atoms with Gasteiger partial charge in [0.1, 0.15) is 5.54 Å². The van der Waals surface area contributed by atoms with Gasteiger partial charge in [-0.3, -0.25) is 15.0 Å². The van der Waals surface area contributed by atoms with Gasteiger partial charge in [-0.25, -0.2) is 0 Å². The number of likely N-dealkylation sites (tertiary alicyclic amines) is 1. The smallest absolute Gasteiger partial charge is 0.327 e. The van der Waals surface area contributed by atoms with Crippen molar-refractivity contribution in [3.05, 3.63) is 0 Å². The van der Waals surface area contributed by atoms with Crippen LogP contribution in [0.2, 0.25) is 0 Å². The zero-order valence-corrected chi connectivity index (χ0v) is 11.9. The number of hydrogen-bond donors (Lipinski definition) is 1. The second-order valence-corrected chi connectivity index (χ2v) is 6.06. The number of esters is 1. The van der Waals surface area contributed by atoms with Crippen LogP contribution in [0.15, 0.2) is 0 Å². The Balaban J connectivity index is 2.00. The van der Waals surface area contributed by atoms with Crippen molar-refractivity contribution in [3.63, 3.8) is 0 Å². The van der Waals surface area contributed by atoms with E-state index >= 15 is 0 Å². The number of carbonyl (C=O) groups excluding carboxylic acids is 1. The molecule has 18 heavy (non-hydrogen) atoms. The van der Waals surface area contributed by atoms with Gasteiger partial charge in [0.15, 0.2) is 0 Å². The number of piperidine rings is 1. The van der Waals surface area contributed by atoms with Gasteiger partial charge >= 0.3 is 5.97 Å². The highest BCUT2D eigenvalue weighted by Crippen LogP contribution is 2.25. The number of nitrogens with one attached hydrogen (secondary N) is 1. The molecule has 1 saturated carbocycles. The summed E-state index contributed by atoms with van der Waals surface area (Å²) in [6.07, 6.45) is 6.15. The van der Waals surface area contributed by atoms with Gasteiger partial charge in [0.05, 0.1) is 7.11 Å². The molecule has 0 spiro atoms. The van der Waals surface area contributed by atoms with Crippen molar-refractivity contribution < 1.29 is 9.53 Å². The van der Waals surface area contributed by atoms with Crippen molar-refractivity contribution in [2.24, 2.45) is 0 Å². The first kappa shape index (κ1) is 13.8. The molecule has 0 aromatic heterocycles. The summed E-state index contributed by atoms with van der Waals surface area (Å²) in [6, 6.07) is 1.08. The van der Waals surface area contributed by atoms with Crippen molar-refractivity contribution in [2.75, 3.05) is 20.2 Å². The molecule has 2 fully saturated rings. The Labute approximate surface area is 110 Å². The molecule has 2 unspecified atom stereocenters. The van der Waals surface area contributed by atoms with Gasteiger partial charge in [0.25, 0.3) is 0 Å². The molecule has 104 valence electrons. The van der Waals surface area contributed by atoms with Crippen LogP contribution < -0.4 is 5.32 Å². The summed E-state index contributed by atoms with van der Waals surface area (Å²) in [7, 11) is 1.48. The highest BCUT2D eigenvalue weighted by atomic mass is 16.5. The lowest BCUT2D eigenvalue weighted by atomic mass is 9.96. The average Bonchev–Trinajstić information content (AvgIpc) is 3.15. The number of nitrogens with zero attached hydrogens (tertiary/aromatic N) is 1. The number of rotatable bonds is 5. The average molecular weight is 254 g/mol. The summed E-state index contributed by atoms with van der Waals surface area (Å²) in [5.74, 6) is -0.132. The Kier molecular flexibility index (Phi) is 4.28. The Morgan fingerprint density at radius 3 is 2.67 bits per heavy atom. The third-order valence-corrected chi connectivity index (χ3v) is 4.20. The van der Waals surface area contributed by atoms with Crippen molar-refractivity contribution >= 4 is 5.97 Å². The summed E-state index contributed by atoms with van der Waals surface area (Å²) in [4.78, 5) is 14.5. The van der Waals surface area contributed by atoms with Gasteiger partial charge in [-0.05, 0) is 46.1 Å². The summed E-state index contributed by atoms with van der Waals surface area (Å²) < 4.78 is 4.99. The van der Waals surface area contributed by atoms with Crippen LogP contribution in [0.3, 0.4) is 0 Å². The van der Waals surface area contributed by atoms with Gasteiger partial charge in [0.2, 0.25) is 0 Å². The number of methoxy groups -OCH3 is 1. The molecular formula is C14H26N2O2. The third-order valence-electron chi connectivity index (χ3n) is 4.20. The van der Waals surface area contributed by atoms with Crippen LogP contribution in [0, 0.1) is 0 Å². The van der Waals surface area contributed by atoms with Crippen LogP contribution in [-0.4, -0.2) is 48.7 Å². The van der Waals surface area contributed by atoms with Crippen molar-refractivity contribution in [3.8, 4) is 0 Å². The van der Waals surface area contributed by atoms with E-state index < -0.39 is 5.54 Å². The van der Waals surface area contributed by atoms with E-state index in [0.29, 0.717) is 12.1 Å². The fourth-order valence-corrected chi connectivity index (χ4v) is 2.87. The van der Waals surface area contributed by atoms with Gasteiger partial charge in [0, 0.05) is 18.6 Å². The number of carbonyl (C=O) groups is 1. The van der Waals surface area contributed by atoms with E-state index in [4.69, 9.17) is 4.74 Å². The topological polar surface area (TPSA) is 41.6 Å². The molecule has 1 saturated heterocycles. The highest BCUT2D eigenvalue weighted by molar-refractivity contribution is 5.80. The molecule has 1 heterocycles. The second-order valence-electron chi connectivity index (χ2n) is 6.06. The first-order valence-corrected chi connectivity index (χ1v) is 7.15. The van der Waals surface area contributed by atoms with Crippen molar-refractivity contribution in [1.82, 2.24) is 10.2 Å². The molecule has 1 N–H and O–H groups in total. The van der Waals surface area contributed by atoms with Gasteiger partial charge in [-0.1, -0.05) is 6.42 Å².